The van der Waals surface area contributed by atoms with Crippen LogP contribution in [-0.2, 0) is 6.18 Å². The highest BCUT2D eigenvalue weighted by Crippen LogP contribution is 2.30. The van der Waals surface area contributed by atoms with Gasteiger partial charge in [0.15, 0.2) is 0 Å². The number of hydrogen-bond acceptors (Lipinski definition) is 1. The highest BCUT2D eigenvalue weighted by molar-refractivity contribution is 5.94. The largest absolute Gasteiger partial charge is 0.416 e. The Bertz CT molecular complexity index is 514. The van der Waals surface area contributed by atoms with Crippen LogP contribution in [0.1, 0.15) is 74.2 Å². The molecular formula is C18H25F4NO. The summed E-state index contributed by atoms with van der Waals surface area (Å²) in [6.45, 7) is 2.55. The van der Waals surface area contributed by atoms with Crippen LogP contribution in [0.25, 0.3) is 0 Å². The molecule has 0 heterocycles. The first-order chi connectivity index (χ1) is 11.3. The maximum Gasteiger partial charge on any atom is 0.416 e. The first-order valence-electron chi connectivity index (χ1n) is 8.50. The van der Waals surface area contributed by atoms with E-state index >= 15 is 0 Å². The van der Waals surface area contributed by atoms with Crippen molar-refractivity contribution in [3.05, 3.63) is 35.1 Å². The van der Waals surface area contributed by atoms with Crippen molar-refractivity contribution >= 4 is 5.91 Å². The third kappa shape index (κ3) is 7.79. The number of carbonyl (C=O) groups is 1. The highest BCUT2D eigenvalue weighted by Gasteiger charge is 2.31. The van der Waals surface area contributed by atoms with Gasteiger partial charge in [0.05, 0.1) is 5.56 Å². The van der Waals surface area contributed by atoms with Crippen molar-refractivity contribution in [1.82, 2.24) is 5.32 Å². The molecule has 1 rings (SSSR count). The summed E-state index contributed by atoms with van der Waals surface area (Å²) >= 11 is 0. The lowest BCUT2D eigenvalue weighted by Crippen LogP contribution is -2.25. The topological polar surface area (TPSA) is 29.1 Å². The molecular weight excluding hydrogens is 322 g/mol. The second-order valence-electron chi connectivity index (χ2n) is 5.96. The van der Waals surface area contributed by atoms with Crippen LogP contribution in [-0.4, -0.2) is 12.5 Å². The van der Waals surface area contributed by atoms with Gasteiger partial charge in [0.25, 0.3) is 5.91 Å². The maximum atomic E-state index is 13.3. The summed E-state index contributed by atoms with van der Waals surface area (Å²) in [6.07, 6.45) is 4.22. The average Bonchev–Trinajstić information content (AvgIpc) is 2.51. The number of rotatable bonds is 10. The maximum absolute atomic E-state index is 13.3. The van der Waals surface area contributed by atoms with E-state index in [-0.39, 0.29) is 5.56 Å². The van der Waals surface area contributed by atoms with E-state index in [0.29, 0.717) is 18.7 Å². The fourth-order valence-corrected chi connectivity index (χ4v) is 2.45. The van der Waals surface area contributed by atoms with E-state index in [9.17, 15) is 22.4 Å². The Morgan fingerprint density at radius 1 is 0.958 bits per heavy atom. The third-order valence-corrected chi connectivity index (χ3v) is 3.80. The summed E-state index contributed by atoms with van der Waals surface area (Å²) in [5, 5.41) is 2.54. The Morgan fingerprint density at radius 3 is 2.12 bits per heavy atom. The predicted molar refractivity (Wildman–Crippen MR) is 86.3 cm³/mol. The Balaban J connectivity index is 2.32. The molecule has 2 nitrogen and oxygen atoms in total. The van der Waals surface area contributed by atoms with E-state index in [4.69, 9.17) is 0 Å². The van der Waals surface area contributed by atoms with Crippen molar-refractivity contribution in [1.29, 1.82) is 0 Å². The lowest BCUT2D eigenvalue weighted by atomic mass is 10.1. The highest BCUT2D eigenvalue weighted by atomic mass is 19.4. The first kappa shape index (κ1) is 20.5. The normalized spacial score (nSPS) is 11.5. The van der Waals surface area contributed by atoms with Gasteiger partial charge in [-0.3, -0.25) is 4.79 Å². The van der Waals surface area contributed by atoms with E-state index < -0.39 is 23.5 Å². The molecule has 1 aromatic carbocycles. The first-order valence-corrected chi connectivity index (χ1v) is 8.50. The molecule has 1 N–H and O–H groups in total. The van der Waals surface area contributed by atoms with Gasteiger partial charge in [-0.2, -0.15) is 13.2 Å². The van der Waals surface area contributed by atoms with E-state index in [1.165, 1.54) is 25.7 Å². The Morgan fingerprint density at radius 2 is 1.54 bits per heavy atom. The minimum absolute atomic E-state index is 0.304. The summed E-state index contributed by atoms with van der Waals surface area (Å²) in [5.41, 5.74) is -1.46. The molecule has 0 unspecified atom stereocenters. The molecule has 136 valence electrons. The number of carbonyl (C=O) groups excluding carboxylic acids is 1. The number of halogens is 4. The molecule has 0 radical (unpaired) electrons. The number of nitrogens with one attached hydrogen (secondary N) is 1. The minimum atomic E-state index is -4.67. The number of alkyl halides is 3. The van der Waals surface area contributed by atoms with Gasteiger partial charge in [0.1, 0.15) is 5.82 Å². The van der Waals surface area contributed by atoms with E-state index in [0.717, 1.165) is 31.7 Å². The molecule has 0 aliphatic heterocycles. The van der Waals surface area contributed by atoms with Gasteiger partial charge in [0, 0.05) is 12.1 Å². The standard InChI is InChI=1S/C18H25F4NO/c1-2-3-4-5-6-7-8-9-10-23-17(24)14-11-15(18(20,21)22)13-16(19)12-14/h11-13H,2-10H2,1H3,(H,23,24). The summed E-state index contributed by atoms with van der Waals surface area (Å²) in [7, 11) is 0. The van der Waals surface area contributed by atoms with Crippen LogP contribution in [0.5, 0.6) is 0 Å². The summed E-state index contributed by atoms with van der Waals surface area (Å²) in [4.78, 5) is 11.8. The Kier molecular flexibility index (Phi) is 8.79. The molecule has 0 saturated heterocycles. The van der Waals surface area contributed by atoms with Gasteiger partial charge in [-0.05, 0) is 24.6 Å². The molecule has 0 fully saturated rings. The van der Waals surface area contributed by atoms with E-state index in [2.05, 4.69) is 12.2 Å². The van der Waals surface area contributed by atoms with Crippen molar-refractivity contribution in [2.75, 3.05) is 6.54 Å². The fourth-order valence-electron chi connectivity index (χ4n) is 2.45. The SMILES string of the molecule is CCCCCCCCCCNC(=O)c1cc(F)cc(C(F)(F)F)c1. The number of amides is 1. The third-order valence-electron chi connectivity index (χ3n) is 3.80. The smallest absolute Gasteiger partial charge is 0.352 e. The molecule has 0 aliphatic rings. The zero-order valence-corrected chi connectivity index (χ0v) is 14.0. The zero-order chi connectivity index (χ0) is 18.0. The fraction of sp³-hybridized carbons (Fsp3) is 0.611. The lowest BCUT2D eigenvalue weighted by Gasteiger charge is -2.10. The Hall–Kier alpha value is -1.59. The monoisotopic (exact) mass is 347 g/mol. The molecule has 1 amide bonds. The van der Waals surface area contributed by atoms with Crippen LogP contribution in [0.4, 0.5) is 17.6 Å². The van der Waals surface area contributed by atoms with Crippen LogP contribution in [0.2, 0.25) is 0 Å². The van der Waals surface area contributed by atoms with Crippen LogP contribution < -0.4 is 5.32 Å². The van der Waals surface area contributed by atoms with Gasteiger partial charge in [-0.15, -0.1) is 0 Å². The number of benzene rings is 1. The molecule has 0 bridgehead atoms. The van der Waals surface area contributed by atoms with Crippen LogP contribution in [0.15, 0.2) is 18.2 Å². The summed E-state index contributed by atoms with van der Waals surface area (Å²) in [5.74, 6) is -1.75. The van der Waals surface area contributed by atoms with Crippen molar-refractivity contribution in [3.8, 4) is 0 Å². The molecule has 6 heteroatoms. The van der Waals surface area contributed by atoms with Gasteiger partial charge in [-0.1, -0.05) is 51.9 Å². The second-order valence-corrected chi connectivity index (χ2v) is 5.96. The molecule has 0 spiro atoms. The second kappa shape index (κ2) is 10.3. The van der Waals surface area contributed by atoms with Crippen LogP contribution >= 0.6 is 0 Å². The molecule has 0 aromatic heterocycles. The number of unbranched alkanes of at least 4 members (excludes halogenated alkanes) is 7. The average molecular weight is 347 g/mol. The van der Waals surface area contributed by atoms with Gasteiger partial charge in [0.2, 0.25) is 0 Å². The lowest BCUT2D eigenvalue weighted by molar-refractivity contribution is -0.137. The predicted octanol–water partition coefficient (Wildman–Crippen LogP) is 5.72. The van der Waals surface area contributed by atoms with E-state index in [1.54, 1.807) is 0 Å². The van der Waals surface area contributed by atoms with Crippen molar-refractivity contribution in [3.63, 3.8) is 0 Å². The zero-order valence-electron chi connectivity index (χ0n) is 14.0. The quantitative estimate of drug-likeness (QED) is 0.426. The molecule has 0 aliphatic carbocycles. The molecule has 0 saturated carbocycles. The van der Waals surface area contributed by atoms with Gasteiger partial charge < -0.3 is 5.32 Å². The van der Waals surface area contributed by atoms with Gasteiger partial charge in [-0.25, -0.2) is 4.39 Å². The van der Waals surface area contributed by atoms with Crippen molar-refractivity contribution < 1.29 is 22.4 Å². The Labute approximate surface area is 140 Å². The van der Waals surface area contributed by atoms with Crippen molar-refractivity contribution in [2.45, 2.75) is 64.5 Å². The van der Waals surface area contributed by atoms with Crippen molar-refractivity contribution in [2.24, 2.45) is 0 Å². The van der Waals surface area contributed by atoms with Gasteiger partial charge >= 0.3 is 6.18 Å². The molecule has 1 aromatic rings. The minimum Gasteiger partial charge on any atom is -0.352 e. The summed E-state index contributed by atoms with van der Waals surface area (Å²) in [6, 6.07) is 1.87. The van der Waals surface area contributed by atoms with Crippen LogP contribution in [0.3, 0.4) is 0 Å². The molecule has 0 atom stereocenters. The van der Waals surface area contributed by atoms with Crippen LogP contribution in [0, 0.1) is 5.82 Å². The number of hydrogen-bond donors (Lipinski definition) is 1. The van der Waals surface area contributed by atoms with E-state index in [1.807, 2.05) is 0 Å². The molecule has 24 heavy (non-hydrogen) atoms. The summed E-state index contributed by atoms with van der Waals surface area (Å²) < 4.78 is 51.1.